The van der Waals surface area contributed by atoms with Crippen molar-refractivity contribution in [1.82, 2.24) is 14.6 Å². The van der Waals surface area contributed by atoms with E-state index in [1.54, 1.807) is 6.20 Å². The van der Waals surface area contributed by atoms with Gasteiger partial charge in [0.1, 0.15) is 0 Å². The Balaban J connectivity index is 2.91. The van der Waals surface area contributed by atoms with E-state index in [-0.39, 0.29) is 0 Å². The molecule has 2 aromatic rings. The average Bonchev–Trinajstić information content (AvgIpc) is 2.34. The fraction of sp³-hybridized carbons (Fsp3) is 0.250. The Bertz CT molecular complexity index is 389. The highest BCUT2D eigenvalue weighted by atomic mass is 15.2. The molecule has 2 aromatic heterocycles. The highest BCUT2D eigenvalue weighted by molar-refractivity contribution is 5.49. The highest BCUT2D eigenvalue weighted by Gasteiger charge is 1.98. The van der Waals surface area contributed by atoms with Gasteiger partial charge in [-0.2, -0.15) is 5.10 Å². The van der Waals surface area contributed by atoms with Gasteiger partial charge in [0.2, 0.25) is 0 Å². The summed E-state index contributed by atoms with van der Waals surface area (Å²) in [7, 11) is 0. The summed E-state index contributed by atoms with van der Waals surface area (Å²) < 4.78 is 1.84. The first-order chi connectivity index (χ1) is 5.27. The van der Waals surface area contributed by atoms with Gasteiger partial charge in [0.25, 0.3) is 0 Å². The maximum absolute atomic E-state index is 4.31. The lowest BCUT2D eigenvalue weighted by Gasteiger charge is -1.98. The van der Waals surface area contributed by atoms with Gasteiger partial charge in [-0.15, -0.1) is 0 Å². The van der Waals surface area contributed by atoms with Crippen molar-refractivity contribution in [2.24, 2.45) is 0 Å². The van der Waals surface area contributed by atoms with Gasteiger partial charge >= 0.3 is 0 Å². The molecule has 0 amide bonds. The molecule has 11 heavy (non-hydrogen) atoms. The monoisotopic (exact) mass is 147 g/mol. The summed E-state index contributed by atoms with van der Waals surface area (Å²) in [5.41, 5.74) is 3.11. The lowest BCUT2D eigenvalue weighted by atomic mass is 10.3. The fourth-order valence-electron chi connectivity index (χ4n) is 1.23. The van der Waals surface area contributed by atoms with Crippen LogP contribution in [-0.2, 0) is 0 Å². The van der Waals surface area contributed by atoms with Crippen LogP contribution in [0, 0.1) is 13.8 Å². The summed E-state index contributed by atoms with van der Waals surface area (Å²) in [6.07, 6.45) is 3.70. The molecule has 0 aliphatic rings. The van der Waals surface area contributed by atoms with Gasteiger partial charge in [-0.1, -0.05) is 0 Å². The van der Waals surface area contributed by atoms with Crippen LogP contribution >= 0.6 is 0 Å². The third-order valence-corrected chi connectivity index (χ3v) is 1.69. The predicted octanol–water partition coefficient (Wildman–Crippen LogP) is 1.35. The standard InChI is InChI=1S/C8H9N3/c1-6-5-11-8(3-4-9-11)7(2)10-6/h3-5H,1-2H3. The second kappa shape index (κ2) is 2.05. The number of hydrogen-bond donors (Lipinski definition) is 0. The molecule has 0 saturated heterocycles. The third-order valence-electron chi connectivity index (χ3n) is 1.69. The van der Waals surface area contributed by atoms with Crippen molar-refractivity contribution in [3.63, 3.8) is 0 Å². The highest BCUT2D eigenvalue weighted by Crippen LogP contribution is 2.06. The van der Waals surface area contributed by atoms with E-state index in [0.29, 0.717) is 0 Å². The fourth-order valence-corrected chi connectivity index (χ4v) is 1.23. The molecule has 0 fully saturated rings. The van der Waals surface area contributed by atoms with Gasteiger partial charge in [0.15, 0.2) is 0 Å². The number of aromatic nitrogens is 3. The molecular formula is C8H9N3. The summed E-state index contributed by atoms with van der Waals surface area (Å²) in [4.78, 5) is 4.31. The zero-order chi connectivity index (χ0) is 7.84. The molecule has 3 nitrogen and oxygen atoms in total. The van der Waals surface area contributed by atoms with Gasteiger partial charge in [0.05, 0.1) is 29.3 Å². The minimum absolute atomic E-state index is 0.999. The van der Waals surface area contributed by atoms with Crippen molar-refractivity contribution in [1.29, 1.82) is 0 Å². The van der Waals surface area contributed by atoms with Crippen LogP contribution in [0.5, 0.6) is 0 Å². The van der Waals surface area contributed by atoms with Crippen LogP contribution < -0.4 is 0 Å². The largest absolute Gasteiger partial charge is 0.255 e. The molecule has 0 bridgehead atoms. The summed E-state index contributed by atoms with van der Waals surface area (Å²) in [5.74, 6) is 0. The van der Waals surface area contributed by atoms with Gasteiger partial charge in [-0.3, -0.25) is 4.98 Å². The van der Waals surface area contributed by atoms with Crippen molar-refractivity contribution in [2.45, 2.75) is 13.8 Å². The second-order valence-electron chi connectivity index (χ2n) is 2.63. The van der Waals surface area contributed by atoms with E-state index < -0.39 is 0 Å². The first kappa shape index (κ1) is 6.34. The minimum atomic E-state index is 0.999. The molecule has 0 atom stereocenters. The van der Waals surface area contributed by atoms with E-state index in [4.69, 9.17) is 0 Å². The number of nitrogens with zero attached hydrogens (tertiary/aromatic N) is 3. The van der Waals surface area contributed by atoms with E-state index in [0.717, 1.165) is 16.9 Å². The van der Waals surface area contributed by atoms with Gasteiger partial charge in [0, 0.05) is 0 Å². The molecule has 0 N–H and O–H groups in total. The van der Waals surface area contributed by atoms with Crippen LogP contribution in [0.2, 0.25) is 0 Å². The van der Waals surface area contributed by atoms with E-state index in [2.05, 4.69) is 10.1 Å². The average molecular weight is 147 g/mol. The maximum Gasteiger partial charge on any atom is 0.0874 e. The Morgan fingerprint density at radius 2 is 2.18 bits per heavy atom. The Morgan fingerprint density at radius 1 is 1.36 bits per heavy atom. The molecule has 2 heterocycles. The topological polar surface area (TPSA) is 30.2 Å². The van der Waals surface area contributed by atoms with Crippen LogP contribution in [0.4, 0.5) is 0 Å². The lowest BCUT2D eigenvalue weighted by Crippen LogP contribution is -1.94. The maximum atomic E-state index is 4.31. The molecule has 0 unspecified atom stereocenters. The zero-order valence-corrected chi connectivity index (χ0v) is 6.57. The van der Waals surface area contributed by atoms with E-state index in [1.165, 1.54) is 0 Å². The third kappa shape index (κ3) is 0.888. The van der Waals surface area contributed by atoms with Crippen LogP contribution in [0.3, 0.4) is 0 Å². The van der Waals surface area contributed by atoms with E-state index in [1.807, 2.05) is 30.6 Å². The van der Waals surface area contributed by atoms with Crippen molar-refractivity contribution >= 4 is 5.52 Å². The van der Waals surface area contributed by atoms with Crippen molar-refractivity contribution in [2.75, 3.05) is 0 Å². The van der Waals surface area contributed by atoms with E-state index >= 15 is 0 Å². The lowest BCUT2D eigenvalue weighted by molar-refractivity contribution is 0.914. The molecule has 0 saturated carbocycles. The molecule has 0 aliphatic carbocycles. The van der Waals surface area contributed by atoms with E-state index in [9.17, 15) is 0 Å². The van der Waals surface area contributed by atoms with Gasteiger partial charge in [-0.25, -0.2) is 4.52 Å². The summed E-state index contributed by atoms with van der Waals surface area (Å²) in [6.45, 7) is 3.96. The summed E-state index contributed by atoms with van der Waals surface area (Å²) in [5, 5.41) is 4.12. The van der Waals surface area contributed by atoms with Crippen LogP contribution in [0.15, 0.2) is 18.5 Å². The Labute approximate surface area is 64.7 Å². The van der Waals surface area contributed by atoms with Gasteiger partial charge in [-0.05, 0) is 19.9 Å². The summed E-state index contributed by atoms with van der Waals surface area (Å²) in [6, 6.07) is 1.96. The summed E-state index contributed by atoms with van der Waals surface area (Å²) >= 11 is 0. The Kier molecular flexibility index (Phi) is 1.18. The second-order valence-corrected chi connectivity index (χ2v) is 2.63. The van der Waals surface area contributed by atoms with Crippen LogP contribution in [0.1, 0.15) is 11.4 Å². The normalized spacial score (nSPS) is 10.7. The molecule has 0 aliphatic heterocycles. The zero-order valence-electron chi connectivity index (χ0n) is 6.57. The number of hydrogen-bond acceptors (Lipinski definition) is 2. The molecule has 0 aromatic carbocycles. The van der Waals surface area contributed by atoms with Gasteiger partial charge < -0.3 is 0 Å². The molecular weight excluding hydrogens is 138 g/mol. The predicted molar refractivity (Wildman–Crippen MR) is 42.5 cm³/mol. The van der Waals surface area contributed by atoms with Crippen LogP contribution in [-0.4, -0.2) is 14.6 Å². The smallest absolute Gasteiger partial charge is 0.0874 e. The van der Waals surface area contributed by atoms with Crippen molar-refractivity contribution < 1.29 is 0 Å². The Hall–Kier alpha value is -1.38. The number of aryl methyl sites for hydroxylation is 2. The quantitative estimate of drug-likeness (QED) is 0.563. The van der Waals surface area contributed by atoms with Crippen molar-refractivity contribution in [3.05, 3.63) is 29.8 Å². The van der Waals surface area contributed by atoms with Crippen molar-refractivity contribution in [3.8, 4) is 0 Å². The minimum Gasteiger partial charge on any atom is -0.255 e. The first-order valence-corrected chi connectivity index (χ1v) is 3.55. The number of rotatable bonds is 0. The SMILES string of the molecule is Cc1cn2nccc2c(C)n1. The number of fused-ring (bicyclic) bond motifs is 1. The first-order valence-electron chi connectivity index (χ1n) is 3.55. The molecule has 56 valence electrons. The Morgan fingerprint density at radius 3 is 3.00 bits per heavy atom. The molecule has 2 rings (SSSR count). The molecule has 0 spiro atoms. The van der Waals surface area contributed by atoms with Crippen LogP contribution in [0.25, 0.3) is 5.52 Å². The molecule has 0 radical (unpaired) electrons. The molecule has 3 heteroatoms.